The molecule has 2 atom stereocenters. The van der Waals surface area contributed by atoms with Gasteiger partial charge in [-0.25, -0.2) is 8.42 Å². The van der Waals surface area contributed by atoms with Crippen LogP contribution in [0.3, 0.4) is 0 Å². The highest BCUT2D eigenvalue weighted by Crippen LogP contribution is 2.30. The number of carbonyl (C=O) groups is 1. The molecule has 2 aliphatic rings. The van der Waals surface area contributed by atoms with Gasteiger partial charge in [-0.1, -0.05) is 30.3 Å². The molecule has 0 unspecified atom stereocenters. The Morgan fingerprint density at radius 1 is 0.964 bits per heavy atom. The highest BCUT2D eigenvalue weighted by Gasteiger charge is 2.50. The lowest BCUT2D eigenvalue weighted by Crippen LogP contribution is -2.50. The smallest absolute Gasteiger partial charge is 0.243 e. The van der Waals surface area contributed by atoms with E-state index < -0.39 is 16.1 Å². The number of hydrogen-bond donors (Lipinski definition) is 0. The number of benzene rings is 2. The highest BCUT2D eigenvalue weighted by molar-refractivity contribution is 7.89. The van der Waals surface area contributed by atoms with Gasteiger partial charge in [0.25, 0.3) is 0 Å². The summed E-state index contributed by atoms with van der Waals surface area (Å²) in [7, 11) is -3.59. The molecule has 28 heavy (non-hydrogen) atoms. The summed E-state index contributed by atoms with van der Waals surface area (Å²) in [6, 6.07) is 14.2. The summed E-state index contributed by atoms with van der Waals surface area (Å²) in [5, 5.41) is 0. The minimum absolute atomic E-state index is 0.0832. The molecule has 2 heterocycles. The molecular formula is C21H25N3O3S. The van der Waals surface area contributed by atoms with E-state index in [1.54, 1.807) is 35.2 Å². The number of carbonyl (C=O) groups excluding carboxylic acids is 1. The van der Waals surface area contributed by atoms with Crippen molar-refractivity contribution in [2.45, 2.75) is 24.8 Å². The summed E-state index contributed by atoms with van der Waals surface area (Å²) >= 11 is 0. The monoisotopic (exact) mass is 399 g/mol. The van der Waals surface area contributed by atoms with Crippen LogP contribution in [-0.4, -0.2) is 62.3 Å². The van der Waals surface area contributed by atoms with Crippen LogP contribution in [0, 0.1) is 13.8 Å². The molecule has 2 saturated heterocycles. The first-order valence-electron chi connectivity index (χ1n) is 9.56. The van der Waals surface area contributed by atoms with Crippen LogP contribution in [0.5, 0.6) is 0 Å². The number of piperazine rings is 1. The molecule has 2 fully saturated rings. The fourth-order valence-electron chi connectivity index (χ4n) is 3.76. The summed E-state index contributed by atoms with van der Waals surface area (Å²) in [5.74, 6) is -0.0832. The van der Waals surface area contributed by atoms with Gasteiger partial charge in [0.1, 0.15) is 6.04 Å². The Hall–Kier alpha value is -2.38. The molecule has 2 aromatic rings. The maximum atomic E-state index is 12.8. The number of rotatable bonds is 4. The Bertz CT molecular complexity index is 983. The van der Waals surface area contributed by atoms with Crippen LogP contribution in [0.4, 0.5) is 5.69 Å². The summed E-state index contributed by atoms with van der Waals surface area (Å²) in [4.78, 5) is 17.2. The van der Waals surface area contributed by atoms with Gasteiger partial charge in [-0.05, 0) is 43.2 Å². The summed E-state index contributed by atoms with van der Waals surface area (Å²) < 4.78 is 26.6. The lowest BCUT2D eigenvalue weighted by molar-refractivity contribution is -0.131. The van der Waals surface area contributed by atoms with Gasteiger partial charge >= 0.3 is 0 Å². The van der Waals surface area contributed by atoms with Crippen molar-refractivity contribution < 1.29 is 13.2 Å². The molecule has 2 aromatic carbocycles. The predicted molar refractivity (Wildman–Crippen MR) is 109 cm³/mol. The van der Waals surface area contributed by atoms with Crippen LogP contribution in [0.15, 0.2) is 53.4 Å². The molecule has 0 spiro atoms. The van der Waals surface area contributed by atoms with Gasteiger partial charge in [0, 0.05) is 38.4 Å². The maximum absolute atomic E-state index is 12.8. The van der Waals surface area contributed by atoms with Crippen LogP contribution < -0.4 is 4.90 Å². The largest absolute Gasteiger partial charge is 0.368 e. The number of hydrogen-bond acceptors (Lipinski definition) is 4. The second kappa shape index (κ2) is 7.22. The van der Waals surface area contributed by atoms with Crippen LogP contribution in [0.25, 0.3) is 0 Å². The van der Waals surface area contributed by atoms with Gasteiger partial charge in [-0.15, -0.1) is 0 Å². The quantitative estimate of drug-likeness (QED) is 0.738. The van der Waals surface area contributed by atoms with Gasteiger partial charge in [0.2, 0.25) is 15.9 Å². The van der Waals surface area contributed by atoms with E-state index in [4.69, 9.17) is 0 Å². The molecule has 0 bridgehead atoms. The van der Waals surface area contributed by atoms with E-state index in [2.05, 4.69) is 36.9 Å². The number of sulfonamides is 1. The van der Waals surface area contributed by atoms with Gasteiger partial charge in [-0.2, -0.15) is 4.31 Å². The minimum Gasteiger partial charge on any atom is -0.368 e. The molecule has 0 radical (unpaired) electrons. The van der Waals surface area contributed by atoms with Crippen molar-refractivity contribution in [3.8, 4) is 0 Å². The van der Waals surface area contributed by atoms with E-state index in [0.717, 1.165) is 13.1 Å². The normalized spacial score (nSPS) is 22.2. The number of amides is 1. The van der Waals surface area contributed by atoms with E-state index in [9.17, 15) is 13.2 Å². The third-order valence-corrected chi connectivity index (χ3v) is 7.39. The number of nitrogens with zero attached hydrogens (tertiary/aromatic N) is 3. The van der Waals surface area contributed by atoms with Gasteiger partial charge < -0.3 is 9.80 Å². The fourth-order valence-corrected chi connectivity index (χ4v) is 5.29. The average Bonchev–Trinajstić information content (AvgIpc) is 3.52. The predicted octanol–water partition coefficient (Wildman–Crippen LogP) is 2.03. The second-order valence-electron chi connectivity index (χ2n) is 7.51. The Kier molecular flexibility index (Phi) is 4.89. The standard InChI is InChI=1S/C21H25N3O3S/c1-16-8-9-17(2)19(14-16)22-10-12-23(13-11-22)21(25)20-15-24(20)28(26,27)18-6-4-3-5-7-18/h3-9,14,20H,10-13,15H2,1-2H3/t20-,24-/m1/s1. The van der Waals surface area contributed by atoms with Crippen molar-refractivity contribution in [2.24, 2.45) is 0 Å². The van der Waals surface area contributed by atoms with Crippen molar-refractivity contribution in [3.63, 3.8) is 0 Å². The fraction of sp³-hybridized carbons (Fsp3) is 0.381. The first kappa shape index (κ1) is 19.0. The summed E-state index contributed by atoms with van der Waals surface area (Å²) in [6.45, 7) is 7.19. The first-order valence-corrected chi connectivity index (χ1v) is 11.0. The van der Waals surface area contributed by atoms with E-state index >= 15 is 0 Å². The van der Waals surface area contributed by atoms with Crippen LogP contribution >= 0.6 is 0 Å². The van der Waals surface area contributed by atoms with Crippen molar-refractivity contribution in [1.29, 1.82) is 0 Å². The third kappa shape index (κ3) is 3.52. The lowest BCUT2D eigenvalue weighted by atomic mass is 10.1. The Balaban J connectivity index is 1.38. The van der Waals surface area contributed by atoms with Crippen molar-refractivity contribution in [2.75, 3.05) is 37.6 Å². The van der Waals surface area contributed by atoms with Crippen LogP contribution in [-0.2, 0) is 14.8 Å². The van der Waals surface area contributed by atoms with E-state index in [1.165, 1.54) is 21.1 Å². The molecular weight excluding hydrogens is 374 g/mol. The number of aryl methyl sites for hydroxylation is 2. The molecule has 7 heteroatoms. The summed E-state index contributed by atoms with van der Waals surface area (Å²) in [6.07, 6.45) is 0. The second-order valence-corrected chi connectivity index (χ2v) is 9.40. The molecule has 0 saturated carbocycles. The Labute approximate surface area is 166 Å². The SMILES string of the molecule is Cc1ccc(C)c(N2CCN(C(=O)[C@H]3C[N@@]3S(=O)(=O)c3ccccc3)CC2)c1. The topological polar surface area (TPSA) is 60.7 Å². The van der Waals surface area contributed by atoms with Gasteiger partial charge in [0.15, 0.2) is 0 Å². The molecule has 6 nitrogen and oxygen atoms in total. The third-order valence-electron chi connectivity index (χ3n) is 5.50. The zero-order chi connectivity index (χ0) is 19.9. The van der Waals surface area contributed by atoms with E-state index in [1.807, 2.05) is 0 Å². The van der Waals surface area contributed by atoms with E-state index in [-0.39, 0.29) is 17.3 Å². The molecule has 1 amide bonds. The maximum Gasteiger partial charge on any atom is 0.243 e. The van der Waals surface area contributed by atoms with Crippen molar-refractivity contribution >= 4 is 21.6 Å². The highest BCUT2D eigenvalue weighted by atomic mass is 32.2. The molecule has 0 N–H and O–H groups in total. The Morgan fingerprint density at radius 3 is 2.32 bits per heavy atom. The average molecular weight is 400 g/mol. The summed E-state index contributed by atoms with van der Waals surface area (Å²) in [5.41, 5.74) is 3.67. The van der Waals surface area contributed by atoms with Crippen LogP contribution in [0.1, 0.15) is 11.1 Å². The Morgan fingerprint density at radius 2 is 1.64 bits per heavy atom. The van der Waals surface area contributed by atoms with Gasteiger partial charge in [-0.3, -0.25) is 4.79 Å². The van der Waals surface area contributed by atoms with Crippen molar-refractivity contribution in [3.05, 3.63) is 59.7 Å². The first-order chi connectivity index (χ1) is 13.4. The molecule has 4 rings (SSSR count). The molecule has 2 aliphatic heterocycles. The van der Waals surface area contributed by atoms with Crippen molar-refractivity contribution in [1.82, 2.24) is 9.21 Å². The molecule has 0 aliphatic carbocycles. The van der Waals surface area contributed by atoms with Gasteiger partial charge in [0.05, 0.1) is 4.90 Å². The minimum atomic E-state index is -3.59. The van der Waals surface area contributed by atoms with E-state index in [0.29, 0.717) is 13.1 Å². The van der Waals surface area contributed by atoms with Crippen LogP contribution in [0.2, 0.25) is 0 Å². The molecule has 148 valence electrons. The molecule has 0 aromatic heterocycles. The number of anilines is 1. The zero-order valence-corrected chi connectivity index (χ0v) is 17.0. The lowest BCUT2D eigenvalue weighted by Gasteiger charge is -2.37. The zero-order valence-electron chi connectivity index (χ0n) is 16.2.